The van der Waals surface area contributed by atoms with E-state index in [1.807, 2.05) is 6.92 Å². The number of carbonyl (C=O) groups excluding carboxylic acids is 2. The number of benzene rings is 2. The first-order chi connectivity index (χ1) is 17.4. The summed E-state index contributed by atoms with van der Waals surface area (Å²) in [4.78, 5) is 28.3. The topological polar surface area (TPSA) is 86.8 Å². The Balaban J connectivity index is 1.91. The summed E-state index contributed by atoms with van der Waals surface area (Å²) in [6.45, 7) is 3.04. The Kier molecular flexibility index (Phi) is 10.3. The summed E-state index contributed by atoms with van der Waals surface area (Å²) in [5, 5.41) is 3.87. The van der Waals surface area contributed by atoms with Crippen molar-refractivity contribution in [2.75, 3.05) is 17.1 Å². The highest BCUT2D eigenvalue weighted by atomic mass is 79.9. The van der Waals surface area contributed by atoms with Gasteiger partial charge in [0.1, 0.15) is 12.6 Å². The number of aryl methyl sites for hydroxylation is 1. The van der Waals surface area contributed by atoms with E-state index in [9.17, 15) is 18.0 Å². The van der Waals surface area contributed by atoms with E-state index in [2.05, 4.69) is 21.2 Å². The molecule has 0 aliphatic heterocycles. The van der Waals surface area contributed by atoms with E-state index in [0.29, 0.717) is 21.3 Å². The zero-order valence-electron chi connectivity index (χ0n) is 21.1. The molecule has 0 aromatic heterocycles. The molecular weight excluding hydrogens is 601 g/mol. The Morgan fingerprint density at radius 1 is 1.11 bits per heavy atom. The van der Waals surface area contributed by atoms with Gasteiger partial charge < -0.3 is 10.2 Å². The zero-order chi connectivity index (χ0) is 27.3. The van der Waals surface area contributed by atoms with Gasteiger partial charge in [-0.1, -0.05) is 64.5 Å². The van der Waals surface area contributed by atoms with Crippen molar-refractivity contribution in [3.8, 4) is 0 Å². The average Bonchev–Trinajstić information content (AvgIpc) is 2.83. The van der Waals surface area contributed by atoms with E-state index in [1.165, 1.54) is 4.90 Å². The van der Waals surface area contributed by atoms with Gasteiger partial charge in [-0.25, -0.2) is 8.42 Å². The summed E-state index contributed by atoms with van der Waals surface area (Å²) >= 11 is 15.9. The maximum Gasteiger partial charge on any atom is 0.244 e. The second-order valence-corrected chi connectivity index (χ2v) is 13.1. The van der Waals surface area contributed by atoms with E-state index in [1.54, 1.807) is 43.3 Å². The van der Waals surface area contributed by atoms with Crippen LogP contribution in [-0.2, 0) is 26.2 Å². The van der Waals surface area contributed by atoms with Crippen LogP contribution < -0.4 is 9.62 Å². The summed E-state index contributed by atoms with van der Waals surface area (Å²) in [6, 6.07) is 9.20. The minimum absolute atomic E-state index is 0.0189. The SMILES string of the molecule is Cc1cc(N(CC(=O)N(Cc2ccc(Cl)cc2Cl)[C@@H](C)C(=O)NC2CCCCC2)S(C)(=O)=O)ccc1Br. The van der Waals surface area contributed by atoms with Crippen LogP contribution in [0.5, 0.6) is 0 Å². The molecule has 1 aliphatic carbocycles. The lowest BCUT2D eigenvalue weighted by atomic mass is 9.95. The van der Waals surface area contributed by atoms with Gasteiger partial charge in [-0.05, 0) is 68.1 Å². The van der Waals surface area contributed by atoms with Gasteiger partial charge in [0.25, 0.3) is 0 Å². The Bertz CT molecular complexity index is 1250. The van der Waals surface area contributed by atoms with E-state index in [-0.39, 0.29) is 18.5 Å². The molecule has 0 radical (unpaired) electrons. The number of carbonyl (C=O) groups is 2. The van der Waals surface area contributed by atoms with Gasteiger partial charge in [0.15, 0.2) is 0 Å². The molecule has 2 aromatic rings. The standard InChI is InChI=1S/C26H32BrCl2N3O4S/c1-17-13-22(11-12-23(17)27)32(37(3,35)36)16-25(33)31(15-19-9-10-20(28)14-24(19)29)18(2)26(34)30-21-7-5-4-6-8-21/h9-14,18,21H,4-8,15-16H2,1-3H3,(H,30,34)/t18-/m0/s1. The first-order valence-electron chi connectivity index (χ1n) is 12.1. The molecule has 2 aromatic carbocycles. The fraction of sp³-hybridized carbons (Fsp3) is 0.462. The highest BCUT2D eigenvalue weighted by Gasteiger charge is 2.31. The molecule has 1 aliphatic rings. The molecule has 1 N–H and O–H groups in total. The first kappa shape index (κ1) is 29.7. The molecule has 202 valence electrons. The number of nitrogens with zero attached hydrogens (tertiary/aromatic N) is 2. The first-order valence-corrected chi connectivity index (χ1v) is 15.5. The summed E-state index contributed by atoms with van der Waals surface area (Å²) in [7, 11) is -3.80. The monoisotopic (exact) mass is 631 g/mol. The fourth-order valence-electron chi connectivity index (χ4n) is 4.38. The van der Waals surface area contributed by atoms with Crippen molar-refractivity contribution in [1.29, 1.82) is 0 Å². The van der Waals surface area contributed by atoms with Crippen molar-refractivity contribution in [3.05, 3.63) is 62.0 Å². The number of anilines is 1. The minimum atomic E-state index is -3.80. The summed E-state index contributed by atoms with van der Waals surface area (Å²) < 4.78 is 27.3. The van der Waals surface area contributed by atoms with Crippen LogP contribution in [-0.4, -0.2) is 50.0 Å². The van der Waals surface area contributed by atoms with Gasteiger partial charge in [0, 0.05) is 27.1 Å². The maximum absolute atomic E-state index is 13.7. The number of hydrogen-bond acceptors (Lipinski definition) is 4. The van der Waals surface area contributed by atoms with Crippen molar-refractivity contribution in [2.24, 2.45) is 0 Å². The predicted molar refractivity (Wildman–Crippen MR) is 153 cm³/mol. The Morgan fingerprint density at radius 2 is 1.78 bits per heavy atom. The number of halogens is 3. The maximum atomic E-state index is 13.7. The molecule has 1 fully saturated rings. The van der Waals surface area contributed by atoms with Crippen molar-refractivity contribution in [1.82, 2.24) is 10.2 Å². The van der Waals surface area contributed by atoms with Crippen LogP contribution in [0.4, 0.5) is 5.69 Å². The summed E-state index contributed by atoms with van der Waals surface area (Å²) in [5.41, 5.74) is 1.78. The largest absolute Gasteiger partial charge is 0.352 e. The Morgan fingerprint density at radius 3 is 2.38 bits per heavy atom. The van der Waals surface area contributed by atoms with Gasteiger partial charge in [0.2, 0.25) is 21.8 Å². The van der Waals surface area contributed by atoms with Crippen LogP contribution in [0.1, 0.15) is 50.2 Å². The minimum Gasteiger partial charge on any atom is -0.352 e. The fourth-order valence-corrected chi connectivity index (χ4v) is 5.94. The molecule has 0 saturated heterocycles. The second kappa shape index (κ2) is 12.8. The van der Waals surface area contributed by atoms with Crippen LogP contribution in [0.3, 0.4) is 0 Å². The van der Waals surface area contributed by atoms with Gasteiger partial charge >= 0.3 is 0 Å². The molecule has 2 amide bonds. The number of sulfonamides is 1. The summed E-state index contributed by atoms with van der Waals surface area (Å²) in [6.07, 6.45) is 6.12. The second-order valence-electron chi connectivity index (χ2n) is 9.48. The highest BCUT2D eigenvalue weighted by Crippen LogP contribution is 2.27. The molecular formula is C26H32BrCl2N3O4S. The molecule has 1 atom stereocenters. The number of hydrogen-bond donors (Lipinski definition) is 1. The predicted octanol–water partition coefficient (Wildman–Crippen LogP) is 5.70. The van der Waals surface area contributed by atoms with Gasteiger partial charge in [-0.2, -0.15) is 0 Å². The Labute approximate surface area is 237 Å². The molecule has 0 spiro atoms. The number of amides is 2. The van der Waals surface area contributed by atoms with Crippen molar-refractivity contribution >= 4 is 66.7 Å². The molecule has 3 rings (SSSR count). The van der Waals surface area contributed by atoms with Crippen molar-refractivity contribution in [3.63, 3.8) is 0 Å². The van der Waals surface area contributed by atoms with E-state index < -0.39 is 28.5 Å². The third-order valence-corrected chi connectivity index (χ3v) is 9.20. The zero-order valence-corrected chi connectivity index (χ0v) is 25.1. The quantitative estimate of drug-likeness (QED) is 0.384. The lowest BCUT2D eigenvalue weighted by molar-refractivity contribution is -0.139. The number of nitrogens with one attached hydrogen (secondary N) is 1. The summed E-state index contributed by atoms with van der Waals surface area (Å²) in [5.74, 6) is -0.806. The van der Waals surface area contributed by atoms with E-state index in [4.69, 9.17) is 23.2 Å². The lowest BCUT2D eigenvalue weighted by Gasteiger charge is -2.33. The molecule has 11 heteroatoms. The average molecular weight is 633 g/mol. The van der Waals surface area contributed by atoms with Crippen molar-refractivity contribution < 1.29 is 18.0 Å². The van der Waals surface area contributed by atoms with Gasteiger partial charge in [-0.15, -0.1) is 0 Å². The smallest absolute Gasteiger partial charge is 0.244 e. The molecule has 1 saturated carbocycles. The molecule has 0 heterocycles. The van der Waals surface area contributed by atoms with Crippen molar-refractivity contribution in [2.45, 2.75) is 64.6 Å². The van der Waals surface area contributed by atoms with E-state index in [0.717, 1.165) is 52.7 Å². The van der Waals surface area contributed by atoms with Crippen LogP contribution in [0, 0.1) is 6.92 Å². The van der Waals surface area contributed by atoms with Crippen LogP contribution in [0.15, 0.2) is 40.9 Å². The normalized spacial score (nSPS) is 15.2. The number of rotatable bonds is 9. The van der Waals surface area contributed by atoms with Crippen LogP contribution in [0.25, 0.3) is 0 Å². The Hall–Kier alpha value is -1.81. The highest BCUT2D eigenvalue weighted by molar-refractivity contribution is 9.10. The molecule has 0 unspecified atom stereocenters. The van der Waals surface area contributed by atoms with Crippen LogP contribution in [0.2, 0.25) is 10.0 Å². The molecule has 37 heavy (non-hydrogen) atoms. The lowest BCUT2D eigenvalue weighted by Crippen LogP contribution is -2.53. The third-order valence-electron chi connectivity index (χ3n) is 6.58. The van der Waals surface area contributed by atoms with Gasteiger partial charge in [0.05, 0.1) is 11.9 Å². The van der Waals surface area contributed by atoms with Crippen LogP contribution >= 0.6 is 39.1 Å². The van der Waals surface area contributed by atoms with Gasteiger partial charge in [-0.3, -0.25) is 13.9 Å². The van der Waals surface area contributed by atoms with E-state index >= 15 is 0 Å². The molecule has 0 bridgehead atoms. The third kappa shape index (κ3) is 8.09. The molecule has 7 nitrogen and oxygen atoms in total.